The maximum absolute atomic E-state index is 11.8. The summed E-state index contributed by atoms with van der Waals surface area (Å²) in [5.74, 6) is -0.248. The van der Waals surface area contributed by atoms with E-state index in [9.17, 15) is 9.59 Å². The van der Waals surface area contributed by atoms with Gasteiger partial charge in [-0.25, -0.2) is 4.79 Å². The van der Waals surface area contributed by atoms with Gasteiger partial charge in [0.15, 0.2) is 0 Å². The Morgan fingerprint density at radius 1 is 1.15 bits per heavy atom. The Morgan fingerprint density at radius 2 is 1.75 bits per heavy atom. The highest BCUT2D eigenvalue weighted by atomic mass is 16.5. The molecule has 0 aliphatic carbocycles. The molecule has 1 aromatic rings. The van der Waals surface area contributed by atoms with Gasteiger partial charge >= 0.3 is 5.97 Å². The van der Waals surface area contributed by atoms with E-state index in [4.69, 9.17) is 0 Å². The SMILES string of the molecule is CCN(CC)C(=O)CNCc1ccc(C(=O)OC)cc1. The van der Waals surface area contributed by atoms with Gasteiger partial charge in [-0.05, 0) is 31.5 Å². The van der Waals surface area contributed by atoms with Crippen LogP contribution in [0.1, 0.15) is 29.8 Å². The molecule has 0 spiro atoms. The van der Waals surface area contributed by atoms with E-state index >= 15 is 0 Å². The third-order valence-corrected chi connectivity index (χ3v) is 3.10. The van der Waals surface area contributed by atoms with Crippen LogP contribution in [0.15, 0.2) is 24.3 Å². The summed E-state index contributed by atoms with van der Waals surface area (Å²) in [5, 5.41) is 3.11. The molecule has 0 fully saturated rings. The number of rotatable bonds is 7. The number of nitrogens with zero attached hydrogens (tertiary/aromatic N) is 1. The molecule has 1 amide bonds. The maximum atomic E-state index is 11.8. The predicted octanol–water partition coefficient (Wildman–Crippen LogP) is 1.43. The molecule has 1 rings (SSSR count). The van der Waals surface area contributed by atoms with Crippen molar-refractivity contribution in [3.8, 4) is 0 Å². The number of amides is 1. The summed E-state index contributed by atoms with van der Waals surface area (Å²) in [6.45, 7) is 6.30. The number of ether oxygens (including phenoxy) is 1. The zero-order valence-electron chi connectivity index (χ0n) is 12.3. The van der Waals surface area contributed by atoms with Gasteiger partial charge in [-0.15, -0.1) is 0 Å². The Bertz CT molecular complexity index is 439. The number of nitrogens with one attached hydrogen (secondary N) is 1. The van der Waals surface area contributed by atoms with E-state index < -0.39 is 0 Å². The lowest BCUT2D eigenvalue weighted by Gasteiger charge is -2.18. The van der Waals surface area contributed by atoms with Crippen molar-refractivity contribution in [3.63, 3.8) is 0 Å². The predicted molar refractivity (Wildman–Crippen MR) is 77.4 cm³/mol. The average Bonchev–Trinajstić information content (AvgIpc) is 2.48. The first-order chi connectivity index (χ1) is 9.62. The van der Waals surface area contributed by atoms with Gasteiger partial charge in [0, 0.05) is 19.6 Å². The quantitative estimate of drug-likeness (QED) is 0.767. The lowest BCUT2D eigenvalue weighted by atomic mass is 10.1. The van der Waals surface area contributed by atoms with E-state index in [0.29, 0.717) is 18.7 Å². The molecule has 0 aliphatic rings. The maximum Gasteiger partial charge on any atom is 0.337 e. The minimum Gasteiger partial charge on any atom is -0.465 e. The fraction of sp³-hybridized carbons (Fsp3) is 0.467. The van der Waals surface area contributed by atoms with Crippen molar-refractivity contribution in [1.29, 1.82) is 0 Å². The van der Waals surface area contributed by atoms with Crippen molar-refractivity contribution in [1.82, 2.24) is 10.2 Å². The summed E-state index contributed by atoms with van der Waals surface area (Å²) in [6, 6.07) is 7.13. The number of carbonyl (C=O) groups is 2. The fourth-order valence-corrected chi connectivity index (χ4v) is 1.88. The molecule has 0 heterocycles. The van der Waals surface area contributed by atoms with Gasteiger partial charge in [0.25, 0.3) is 0 Å². The largest absolute Gasteiger partial charge is 0.465 e. The average molecular weight is 278 g/mol. The van der Waals surface area contributed by atoms with Crippen LogP contribution >= 0.6 is 0 Å². The molecule has 0 saturated heterocycles. The molecule has 0 aliphatic heterocycles. The second-order valence-electron chi connectivity index (χ2n) is 4.36. The standard InChI is InChI=1S/C15H22N2O3/c1-4-17(5-2)14(18)11-16-10-12-6-8-13(9-7-12)15(19)20-3/h6-9,16H,4-5,10-11H2,1-3H3. The van der Waals surface area contributed by atoms with E-state index in [-0.39, 0.29) is 11.9 Å². The molecule has 0 saturated carbocycles. The summed E-state index contributed by atoms with van der Waals surface area (Å²) in [7, 11) is 1.36. The van der Waals surface area contributed by atoms with Gasteiger partial charge in [0.05, 0.1) is 19.2 Å². The first kappa shape index (κ1) is 16.2. The van der Waals surface area contributed by atoms with Gasteiger partial charge in [-0.1, -0.05) is 12.1 Å². The van der Waals surface area contributed by atoms with E-state index in [1.165, 1.54) is 7.11 Å². The number of carbonyl (C=O) groups excluding carboxylic acids is 2. The van der Waals surface area contributed by atoms with E-state index in [2.05, 4.69) is 10.1 Å². The Kier molecular flexibility index (Phi) is 6.73. The highest BCUT2D eigenvalue weighted by Crippen LogP contribution is 2.05. The lowest BCUT2D eigenvalue weighted by molar-refractivity contribution is -0.129. The molecule has 5 nitrogen and oxygen atoms in total. The minimum absolute atomic E-state index is 0.0983. The zero-order chi connectivity index (χ0) is 15.0. The van der Waals surface area contributed by atoms with Crippen LogP contribution < -0.4 is 5.32 Å². The topological polar surface area (TPSA) is 58.6 Å². The summed E-state index contributed by atoms with van der Waals surface area (Å²) < 4.78 is 4.64. The molecule has 0 unspecified atom stereocenters. The van der Waals surface area contributed by atoms with Crippen molar-refractivity contribution < 1.29 is 14.3 Å². The second kappa shape index (κ2) is 8.32. The summed E-state index contributed by atoms with van der Waals surface area (Å²) in [6.07, 6.45) is 0. The van der Waals surface area contributed by atoms with Crippen LogP contribution in [0, 0.1) is 0 Å². The molecule has 1 N–H and O–H groups in total. The molecule has 0 radical (unpaired) electrons. The highest BCUT2D eigenvalue weighted by molar-refractivity contribution is 5.89. The lowest BCUT2D eigenvalue weighted by Crippen LogP contribution is -2.37. The normalized spacial score (nSPS) is 10.2. The van der Waals surface area contributed by atoms with Crippen molar-refractivity contribution in [2.45, 2.75) is 20.4 Å². The number of hydrogen-bond donors (Lipinski definition) is 1. The first-order valence-electron chi connectivity index (χ1n) is 6.78. The molecule has 110 valence electrons. The Labute approximate surface area is 119 Å². The van der Waals surface area contributed by atoms with E-state index in [1.807, 2.05) is 26.0 Å². The monoisotopic (exact) mass is 278 g/mol. The van der Waals surface area contributed by atoms with Crippen LogP contribution in [0.3, 0.4) is 0 Å². The Morgan fingerprint density at radius 3 is 2.25 bits per heavy atom. The number of hydrogen-bond acceptors (Lipinski definition) is 4. The Hall–Kier alpha value is -1.88. The molecule has 0 aromatic heterocycles. The van der Waals surface area contributed by atoms with Gasteiger partial charge in [-0.3, -0.25) is 4.79 Å². The molecular weight excluding hydrogens is 256 g/mol. The Balaban J connectivity index is 2.43. The minimum atomic E-state index is -0.346. The van der Waals surface area contributed by atoms with E-state index in [0.717, 1.165) is 18.7 Å². The summed E-state index contributed by atoms with van der Waals surface area (Å²) in [5.41, 5.74) is 1.54. The molecule has 1 aromatic carbocycles. The molecular formula is C15H22N2O3. The van der Waals surface area contributed by atoms with Crippen molar-refractivity contribution >= 4 is 11.9 Å². The molecule has 5 heteroatoms. The third kappa shape index (κ3) is 4.66. The van der Waals surface area contributed by atoms with Crippen LogP contribution in [0.25, 0.3) is 0 Å². The van der Waals surface area contributed by atoms with Gasteiger partial charge in [0.2, 0.25) is 5.91 Å². The number of benzene rings is 1. The summed E-state index contributed by atoms with van der Waals surface area (Å²) >= 11 is 0. The second-order valence-corrected chi connectivity index (χ2v) is 4.36. The first-order valence-corrected chi connectivity index (χ1v) is 6.78. The van der Waals surface area contributed by atoms with Gasteiger partial charge < -0.3 is 15.0 Å². The van der Waals surface area contributed by atoms with Crippen LogP contribution in [0.2, 0.25) is 0 Å². The third-order valence-electron chi connectivity index (χ3n) is 3.10. The molecule has 0 bridgehead atoms. The highest BCUT2D eigenvalue weighted by Gasteiger charge is 2.08. The van der Waals surface area contributed by atoms with Crippen LogP contribution in [0.4, 0.5) is 0 Å². The zero-order valence-corrected chi connectivity index (χ0v) is 12.3. The van der Waals surface area contributed by atoms with Crippen molar-refractivity contribution in [3.05, 3.63) is 35.4 Å². The number of likely N-dealkylation sites (N-methyl/N-ethyl adjacent to an activating group) is 1. The molecule has 0 atom stereocenters. The van der Waals surface area contributed by atoms with Crippen LogP contribution in [0.5, 0.6) is 0 Å². The van der Waals surface area contributed by atoms with E-state index in [1.54, 1.807) is 17.0 Å². The number of methoxy groups -OCH3 is 1. The fourth-order valence-electron chi connectivity index (χ4n) is 1.88. The van der Waals surface area contributed by atoms with Gasteiger partial charge in [0.1, 0.15) is 0 Å². The van der Waals surface area contributed by atoms with Crippen molar-refractivity contribution in [2.24, 2.45) is 0 Å². The van der Waals surface area contributed by atoms with Gasteiger partial charge in [-0.2, -0.15) is 0 Å². The van der Waals surface area contributed by atoms with Crippen LogP contribution in [-0.2, 0) is 16.1 Å². The molecule has 20 heavy (non-hydrogen) atoms. The van der Waals surface area contributed by atoms with Crippen molar-refractivity contribution in [2.75, 3.05) is 26.7 Å². The smallest absolute Gasteiger partial charge is 0.337 e. The van der Waals surface area contributed by atoms with Crippen LogP contribution in [-0.4, -0.2) is 43.5 Å². The summed E-state index contributed by atoms with van der Waals surface area (Å²) in [4.78, 5) is 24.8. The number of esters is 1.